The van der Waals surface area contributed by atoms with E-state index < -0.39 is 5.25 Å². The number of nitrogens with one attached hydrogen (secondary N) is 1. The summed E-state index contributed by atoms with van der Waals surface area (Å²) in [4.78, 5) is 42.9. The first-order valence-corrected chi connectivity index (χ1v) is 11.2. The number of benzene rings is 2. The molecule has 4 rings (SSSR count). The number of para-hydroxylation sites is 1. The Morgan fingerprint density at radius 3 is 2.52 bits per heavy atom. The zero-order chi connectivity index (χ0) is 21.8. The first-order chi connectivity index (χ1) is 15.1. The summed E-state index contributed by atoms with van der Waals surface area (Å²) in [6.07, 6.45) is 1.93. The summed E-state index contributed by atoms with van der Waals surface area (Å²) in [6.45, 7) is 1.59. The molecule has 1 atom stereocenters. The molecule has 3 amide bonds. The molecule has 2 aromatic rings. The highest BCUT2D eigenvalue weighted by Crippen LogP contribution is 2.39. The highest BCUT2D eigenvalue weighted by Gasteiger charge is 2.41. The Labute approximate surface area is 185 Å². The molecule has 0 spiro atoms. The molecule has 1 unspecified atom stereocenters. The fourth-order valence-electron chi connectivity index (χ4n) is 3.78. The number of hydrogen-bond donors (Lipinski definition) is 1. The van der Waals surface area contributed by atoms with Crippen LogP contribution in [0.4, 0.5) is 5.69 Å². The van der Waals surface area contributed by atoms with Gasteiger partial charge in [0, 0.05) is 24.5 Å². The van der Waals surface area contributed by atoms with Crippen molar-refractivity contribution in [3.8, 4) is 5.75 Å². The van der Waals surface area contributed by atoms with E-state index in [0.717, 1.165) is 29.1 Å². The molecule has 0 aliphatic carbocycles. The van der Waals surface area contributed by atoms with Crippen molar-refractivity contribution in [1.82, 2.24) is 10.2 Å². The van der Waals surface area contributed by atoms with Gasteiger partial charge in [0.1, 0.15) is 12.3 Å². The second-order valence-corrected chi connectivity index (χ2v) is 8.69. The van der Waals surface area contributed by atoms with Crippen LogP contribution in [-0.4, -0.2) is 54.6 Å². The molecular formula is C23H25N3O4S. The molecule has 1 saturated heterocycles. The quantitative estimate of drug-likeness (QED) is 0.700. The lowest BCUT2D eigenvalue weighted by Gasteiger charge is -2.34. The molecule has 7 nitrogen and oxygen atoms in total. The van der Waals surface area contributed by atoms with E-state index >= 15 is 0 Å². The molecule has 2 aromatic carbocycles. The number of amides is 3. The average Bonchev–Trinajstić information content (AvgIpc) is 3.34. The minimum absolute atomic E-state index is 0.129. The van der Waals surface area contributed by atoms with Crippen LogP contribution in [0.15, 0.2) is 53.4 Å². The third-order valence-corrected chi connectivity index (χ3v) is 6.72. The van der Waals surface area contributed by atoms with E-state index in [1.165, 1.54) is 16.7 Å². The first kappa shape index (κ1) is 21.2. The number of ether oxygens (including phenoxy) is 1. The van der Waals surface area contributed by atoms with Gasteiger partial charge >= 0.3 is 0 Å². The number of rotatable bonds is 6. The van der Waals surface area contributed by atoms with Crippen molar-refractivity contribution in [3.05, 3.63) is 54.1 Å². The highest BCUT2D eigenvalue weighted by molar-refractivity contribution is 8.01. The summed E-state index contributed by atoms with van der Waals surface area (Å²) in [5, 5.41) is 2.01. The molecule has 0 radical (unpaired) electrons. The van der Waals surface area contributed by atoms with Crippen molar-refractivity contribution >= 4 is 35.2 Å². The van der Waals surface area contributed by atoms with Crippen LogP contribution in [0.2, 0.25) is 0 Å². The Bertz CT molecular complexity index is 973. The molecule has 2 aliphatic rings. The van der Waals surface area contributed by atoms with Crippen LogP contribution in [0.25, 0.3) is 0 Å². The van der Waals surface area contributed by atoms with E-state index in [0.29, 0.717) is 25.3 Å². The summed E-state index contributed by atoms with van der Waals surface area (Å²) in [5.74, 6) is -0.0270. The lowest BCUT2D eigenvalue weighted by Crippen LogP contribution is -2.51. The van der Waals surface area contributed by atoms with Crippen molar-refractivity contribution in [2.24, 2.45) is 0 Å². The number of likely N-dealkylation sites (tertiary alicyclic amines) is 1. The van der Waals surface area contributed by atoms with Gasteiger partial charge in [0.15, 0.2) is 5.25 Å². The largest absolute Gasteiger partial charge is 0.497 e. The standard InChI is InChI=1S/C23H25N3O4S/c1-30-17-10-8-16(9-11-17)14-24-20(27)15-26-18-6-2-3-7-19(18)31-21(23(26)29)22(28)25-12-4-5-13-25/h2-3,6-11,21H,4-5,12-15H2,1H3,(H,24,27). The summed E-state index contributed by atoms with van der Waals surface area (Å²) in [5.41, 5.74) is 1.60. The van der Waals surface area contributed by atoms with Crippen LogP contribution in [0, 0.1) is 0 Å². The van der Waals surface area contributed by atoms with E-state index in [4.69, 9.17) is 4.74 Å². The van der Waals surface area contributed by atoms with E-state index in [9.17, 15) is 14.4 Å². The normalized spacial score (nSPS) is 18.0. The van der Waals surface area contributed by atoms with Crippen LogP contribution >= 0.6 is 11.8 Å². The number of thioether (sulfide) groups is 1. The Balaban J connectivity index is 1.46. The van der Waals surface area contributed by atoms with E-state index in [1.54, 1.807) is 12.0 Å². The number of carbonyl (C=O) groups excluding carboxylic acids is 3. The maximum absolute atomic E-state index is 13.2. The highest BCUT2D eigenvalue weighted by atomic mass is 32.2. The second kappa shape index (κ2) is 9.43. The van der Waals surface area contributed by atoms with Gasteiger partial charge in [-0.25, -0.2) is 0 Å². The van der Waals surface area contributed by atoms with E-state index in [-0.39, 0.29) is 24.3 Å². The molecule has 0 saturated carbocycles. The number of fused-ring (bicyclic) bond motifs is 1. The Hall–Kier alpha value is -3.00. The van der Waals surface area contributed by atoms with Gasteiger partial charge in [0.25, 0.3) is 5.91 Å². The third kappa shape index (κ3) is 4.69. The predicted molar refractivity (Wildman–Crippen MR) is 119 cm³/mol. The van der Waals surface area contributed by atoms with Gasteiger partial charge in [-0.3, -0.25) is 14.4 Å². The van der Waals surface area contributed by atoms with Gasteiger partial charge in [-0.15, -0.1) is 11.8 Å². The lowest BCUT2D eigenvalue weighted by atomic mass is 10.2. The lowest BCUT2D eigenvalue weighted by molar-refractivity contribution is -0.134. The van der Waals surface area contributed by atoms with E-state index in [1.807, 2.05) is 48.5 Å². The Morgan fingerprint density at radius 2 is 1.81 bits per heavy atom. The molecule has 162 valence electrons. The van der Waals surface area contributed by atoms with Crippen LogP contribution in [0.3, 0.4) is 0 Å². The molecule has 0 bridgehead atoms. The zero-order valence-electron chi connectivity index (χ0n) is 17.4. The maximum Gasteiger partial charge on any atom is 0.250 e. The molecule has 1 N–H and O–H groups in total. The summed E-state index contributed by atoms with van der Waals surface area (Å²) < 4.78 is 5.14. The van der Waals surface area contributed by atoms with Crippen LogP contribution in [0.1, 0.15) is 18.4 Å². The number of methoxy groups -OCH3 is 1. The van der Waals surface area contributed by atoms with Crippen LogP contribution in [0.5, 0.6) is 5.75 Å². The minimum Gasteiger partial charge on any atom is -0.497 e. The van der Waals surface area contributed by atoms with Gasteiger partial charge < -0.3 is 19.9 Å². The van der Waals surface area contributed by atoms with E-state index in [2.05, 4.69) is 5.32 Å². The van der Waals surface area contributed by atoms with Gasteiger partial charge in [-0.05, 0) is 42.7 Å². The molecule has 8 heteroatoms. The minimum atomic E-state index is -0.845. The number of anilines is 1. The second-order valence-electron chi connectivity index (χ2n) is 7.55. The van der Waals surface area contributed by atoms with Gasteiger partial charge in [0.05, 0.1) is 12.8 Å². The Morgan fingerprint density at radius 1 is 1.10 bits per heavy atom. The molecule has 0 aromatic heterocycles. The monoisotopic (exact) mass is 439 g/mol. The van der Waals surface area contributed by atoms with Crippen molar-refractivity contribution < 1.29 is 19.1 Å². The number of hydrogen-bond acceptors (Lipinski definition) is 5. The molecular weight excluding hydrogens is 414 g/mol. The summed E-state index contributed by atoms with van der Waals surface area (Å²) in [6, 6.07) is 14.8. The Kier molecular flexibility index (Phi) is 6.46. The molecule has 2 heterocycles. The predicted octanol–water partition coefficient (Wildman–Crippen LogP) is 2.44. The molecule has 31 heavy (non-hydrogen) atoms. The summed E-state index contributed by atoms with van der Waals surface area (Å²) in [7, 11) is 1.60. The van der Waals surface area contributed by atoms with Gasteiger partial charge in [0.2, 0.25) is 11.8 Å². The summed E-state index contributed by atoms with van der Waals surface area (Å²) >= 11 is 1.28. The number of nitrogens with zero attached hydrogens (tertiary/aromatic N) is 2. The van der Waals surface area contributed by atoms with Crippen LogP contribution in [-0.2, 0) is 20.9 Å². The average molecular weight is 440 g/mol. The van der Waals surface area contributed by atoms with Crippen molar-refractivity contribution in [2.45, 2.75) is 29.5 Å². The molecule has 1 fully saturated rings. The van der Waals surface area contributed by atoms with Gasteiger partial charge in [-0.2, -0.15) is 0 Å². The van der Waals surface area contributed by atoms with Crippen molar-refractivity contribution in [2.75, 3.05) is 31.6 Å². The van der Waals surface area contributed by atoms with Crippen molar-refractivity contribution in [1.29, 1.82) is 0 Å². The van der Waals surface area contributed by atoms with Crippen LogP contribution < -0.4 is 15.0 Å². The fourth-order valence-corrected chi connectivity index (χ4v) is 4.97. The first-order valence-electron chi connectivity index (χ1n) is 10.3. The third-order valence-electron chi connectivity index (χ3n) is 5.48. The smallest absolute Gasteiger partial charge is 0.250 e. The zero-order valence-corrected chi connectivity index (χ0v) is 18.2. The topological polar surface area (TPSA) is 79.0 Å². The fraction of sp³-hybridized carbons (Fsp3) is 0.348. The SMILES string of the molecule is COc1ccc(CNC(=O)CN2C(=O)C(C(=O)N3CCCC3)Sc3ccccc32)cc1. The van der Waals surface area contributed by atoms with Gasteiger partial charge in [-0.1, -0.05) is 24.3 Å². The van der Waals surface area contributed by atoms with Crippen molar-refractivity contribution in [3.63, 3.8) is 0 Å². The maximum atomic E-state index is 13.2. The number of carbonyl (C=O) groups is 3. The molecule has 2 aliphatic heterocycles.